The molecule has 2 heterocycles. The second-order valence-electron chi connectivity index (χ2n) is 7.17. The predicted molar refractivity (Wildman–Crippen MR) is 104 cm³/mol. The summed E-state index contributed by atoms with van der Waals surface area (Å²) in [4.78, 5) is 46.3. The number of aromatic amines is 1. The van der Waals surface area contributed by atoms with Crippen molar-refractivity contribution in [2.75, 3.05) is 6.54 Å². The number of nitrogens with one attached hydrogen (secondary N) is 3. The van der Waals surface area contributed by atoms with Crippen molar-refractivity contribution < 1.29 is 9.59 Å². The van der Waals surface area contributed by atoms with Crippen LogP contribution in [0.15, 0.2) is 35.4 Å². The number of aryl methyl sites for hydroxylation is 1. The number of rotatable bonds is 6. The average molecular weight is 383 g/mol. The van der Waals surface area contributed by atoms with Crippen LogP contribution in [-0.2, 0) is 11.2 Å². The topological polar surface area (TPSA) is 117 Å². The second-order valence-corrected chi connectivity index (χ2v) is 7.17. The van der Waals surface area contributed by atoms with Crippen LogP contribution in [-0.4, -0.2) is 39.4 Å². The van der Waals surface area contributed by atoms with Crippen LogP contribution in [0.25, 0.3) is 0 Å². The van der Waals surface area contributed by atoms with Gasteiger partial charge in [0.1, 0.15) is 5.69 Å². The van der Waals surface area contributed by atoms with E-state index < -0.39 is 5.69 Å². The lowest BCUT2D eigenvalue weighted by molar-refractivity contribution is -0.126. The first-order valence-electron chi connectivity index (χ1n) is 9.56. The molecule has 0 unspecified atom stereocenters. The summed E-state index contributed by atoms with van der Waals surface area (Å²) in [6.45, 7) is 2.31. The molecule has 28 heavy (non-hydrogen) atoms. The molecule has 0 atom stereocenters. The number of nitrogens with zero attached hydrogens (tertiary/aromatic N) is 2. The smallest absolute Gasteiger partial charge is 0.345 e. The molecule has 1 aliphatic carbocycles. The lowest BCUT2D eigenvalue weighted by atomic mass is 9.85. The monoisotopic (exact) mass is 383 g/mol. The maximum absolute atomic E-state index is 12.4. The van der Waals surface area contributed by atoms with Crippen LogP contribution >= 0.6 is 0 Å². The van der Waals surface area contributed by atoms with Gasteiger partial charge in [0.2, 0.25) is 5.91 Å². The van der Waals surface area contributed by atoms with Gasteiger partial charge in [0.05, 0.1) is 0 Å². The Hall–Kier alpha value is -3.03. The highest BCUT2D eigenvalue weighted by molar-refractivity contribution is 5.92. The van der Waals surface area contributed by atoms with E-state index in [1.807, 2.05) is 12.1 Å². The van der Waals surface area contributed by atoms with Crippen molar-refractivity contribution in [2.24, 2.45) is 5.92 Å². The SMILES string of the molecule is Cc1cc(C(=O)NC2CCC(C(=O)NCCc3ccncc3)CC2)nc(=O)[nH]1. The molecule has 0 aromatic carbocycles. The fourth-order valence-electron chi connectivity index (χ4n) is 3.48. The Morgan fingerprint density at radius 2 is 1.89 bits per heavy atom. The van der Waals surface area contributed by atoms with Crippen LogP contribution in [0.5, 0.6) is 0 Å². The molecule has 0 bridgehead atoms. The number of hydrogen-bond donors (Lipinski definition) is 3. The van der Waals surface area contributed by atoms with Crippen molar-refractivity contribution in [1.82, 2.24) is 25.6 Å². The van der Waals surface area contributed by atoms with E-state index in [2.05, 4.69) is 25.6 Å². The number of hydrogen-bond acceptors (Lipinski definition) is 5. The third-order valence-electron chi connectivity index (χ3n) is 5.01. The van der Waals surface area contributed by atoms with E-state index in [-0.39, 0.29) is 29.5 Å². The van der Waals surface area contributed by atoms with Crippen molar-refractivity contribution in [2.45, 2.75) is 45.1 Å². The zero-order chi connectivity index (χ0) is 19.9. The van der Waals surface area contributed by atoms with Gasteiger partial charge in [0.25, 0.3) is 5.91 Å². The van der Waals surface area contributed by atoms with E-state index >= 15 is 0 Å². The van der Waals surface area contributed by atoms with E-state index in [1.165, 1.54) is 0 Å². The number of H-pyrrole nitrogens is 1. The molecule has 0 spiro atoms. The first kappa shape index (κ1) is 19.7. The highest BCUT2D eigenvalue weighted by Crippen LogP contribution is 2.24. The van der Waals surface area contributed by atoms with Crippen LogP contribution in [0, 0.1) is 12.8 Å². The Morgan fingerprint density at radius 1 is 1.18 bits per heavy atom. The molecule has 0 radical (unpaired) electrons. The van der Waals surface area contributed by atoms with Gasteiger partial charge in [0.15, 0.2) is 0 Å². The standard InChI is InChI=1S/C20H25N5O3/c1-13-12-17(25-20(28)23-13)19(27)24-16-4-2-15(3-5-16)18(26)22-11-8-14-6-9-21-10-7-14/h6-7,9-10,12,15-16H,2-5,8,11H2,1H3,(H,22,26)(H,24,27)(H,23,25,28). The van der Waals surface area contributed by atoms with E-state index in [1.54, 1.807) is 25.4 Å². The van der Waals surface area contributed by atoms with Crippen molar-refractivity contribution in [1.29, 1.82) is 0 Å². The fourth-order valence-corrected chi connectivity index (χ4v) is 3.48. The van der Waals surface area contributed by atoms with Gasteiger partial charge < -0.3 is 15.6 Å². The minimum absolute atomic E-state index is 0.00485. The molecular formula is C20H25N5O3. The van der Waals surface area contributed by atoms with Crippen LogP contribution < -0.4 is 16.3 Å². The summed E-state index contributed by atoms with van der Waals surface area (Å²) in [7, 11) is 0. The maximum atomic E-state index is 12.4. The summed E-state index contributed by atoms with van der Waals surface area (Å²) in [5, 5.41) is 5.92. The molecule has 0 aliphatic heterocycles. The molecule has 3 N–H and O–H groups in total. The largest absolute Gasteiger partial charge is 0.356 e. The number of amides is 2. The van der Waals surface area contributed by atoms with Gasteiger partial charge in [-0.25, -0.2) is 4.79 Å². The van der Waals surface area contributed by atoms with Crippen molar-refractivity contribution in [3.05, 3.63) is 58.0 Å². The lowest BCUT2D eigenvalue weighted by Gasteiger charge is -2.28. The van der Waals surface area contributed by atoms with Crippen LogP contribution in [0.1, 0.15) is 47.4 Å². The minimum Gasteiger partial charge on any atom is -0.356 e. The summed E-state index contributed by atoms with van der Waals surface area (Å²) in [5.41, 5.74) is 1.33. The quantitative estimate of drug-likeness (QED) is 0.691. The Balaban J connectivity index is 1.41. The summed E-state index contributed by atoms with van der Waals surface area (Å²) in [5.74, 6) is -0.296. The highest BCUT2D eigenvalue weighted by Gasteiger charge is 2.27. The normalized spacial score (nSPS) is 19.0. The molecule has 2 aromatic heterocycles. The maximum Gasteiger partial charge on any atom is 0.345 e. The van der Waals surface area contributed by atoms with E-state index in [0.717, 1.165) is 37.7 Å². The second kappa shape index (κ2) is 9.25. The summed E-state index contributed by atoms with van der Waals surface area (Å²) in [6.07, 6.45) is 7.20. The Bertz CT molecular complexity index is 873. The van der Waals surface area contributed by atoms with Crippen molar-refractivity contribution >= 4 is 11.8 Å². The third-order valence-corrected chi connectivity index (χ3v) is 5.01. The minimum atomic E-state index is -0.530. The molecule has 0 saturated heterocycles. The Morgan fingerprint density at radius 3 is 2.57 bits per heavy atom. The zero-order valence-electron chi connectivity index (χ0n) is 15.9. The molecule has 3 rings (SSSR count). The molecule has 8 nitrogen and oxygen atoms in total. The Labute approximate surface area is 163 Å². The molecule has 2 aromatic rings. The first-order chi connectivity index (χ1) is 13.5. The fraction of sp³-hybridized carbons (Fsp3) is 0.450. The molecule has 1 saturated carbocycles. The molecule has 2 amide bonds. The zero-order valence-corrected chi connectivity index (χ0v) is 15.9. The first-order valence-corrected chi connectivity index (χ1v) is 9.56. The number of carbonyl (C=O) groups is 2. The average Bonchev–Trinajstić information content (AvgIpc) is 2.68. The van der Waals surface area contributed by atoms with E-state index in [4.69, 9.17) is 0 Å². The third kappa shape index (κ3) is 5.48. The Kier molecular flexibility index (Phi) is 6.52. The van der Waals surface area contributed by atoms with Gasteiger partial charge in [-0.1, -0.05) is 0 Å². The van der Waals surface area contributed by atoms with Gasteiger partial charge in [-0.05, 0) is 62.8 Å². The predicted octanol–water partition coefficient (Wildman–Crippen LogP) is 1.12. The van der Waals surface area contributed by atoms with Gasteiger partial charge >= 0.3 is 5.69 Å². The summed E-state index contributed by atoms with van der Waals surface area (Å²) in [6, 6.07) is 5.43. The van der Waals surface area contributed by atoms with Gasteiger partial charge in [-0.15, -0.1) is 0 Å². The van der Waals surface area contributed by atoms with E-state index in [0.29, 0.717) is 12.2 Å². The summed E-state index contributed by atoms with van der Waals surface area (Å²) < 4.78 is 0. The van der Waals surface area contributed by atoms with Crippen LogP contribution in [0.2, 0.25) is 0 Å². The van der Waals surface area contributed by atoms with Crippen LogP contribution in [0.4, 0.5) is 0 Å². The van der Waals surface area contributed by atoms with Crippen LogP contribution in [0.3, 0.4) is 0 Å². The van der Waals surface area contributed by atoms with E-state index in [9.17, 15) is 14.4 Å². The molecule has 1 aliphatic rings. The molecule has 1 fully saturated rings. The molecule has 148 valence electrons. The van der Waals surface area contributed by atoms with Crippen molar-refractivity contribution in [3.8, 4) is 0 Å². The summed E-state index contributed by atoms with van der Waals surface area (Å²) >= 11 is 0. The number of aromatic nitrogens is 3. The van der Waals surface area contributed by atoms with Gasteiger partial charge in [0, 0.05) is 36.6 Å². The van der Waals surface area contributed by atoms with Crippen molar-refractivity contribution in [3.63, 3.8) is 0 Å². The number of carbonyl (C=O) groups excluding carboxylic acids is 2. The highest BCUT2D eigenvalue weighted by atomic mass is 16.2. The van der Waals surface area contributed by atoms with Gasteiger partial charge in [-0.3, -0.25) is 14.6 Å². The molecule has 8 heteroatoms. The molecular weight excluding hydrogens is 358 g/mol. The van der Waals surface area contributed by atoms with Gasteiger partial charge in [-0.2, -0.15) is 4.98 Å². The number of pyridine rings is 1. The lowest BCUT2D eigenvalue weighted by Crippen LogP contribution is -2.41.